The molecule has 1 aromatic rings. The maximum atomic E-state index is 8.58. The van der Waals surface area contributed by atoms with Crippen LogP contribution in [0.4, 0.5) is 0 Å². The summed E-state index contributed by atoms with van der Waals surface area (Å²) in [5, 5.41) is 8.58. The first-order valence-electron chi connectivity index (χ1n) is 3.50. The van der Waals surface area contributed by atoms with Gasteiger partial charge in [-0.05, 0) is 23.3 Å². The lowest BCUT2D eigenvalue weighted by Gasteiger charge is -1.94. The molecular weight excluding hydrogens is 138 g/mol. The van der Waals surface area contributed by atoms with Crippen LogP contribution in [0, 0.1) is 11.3 Å². The molecule has 0 atom stereocenters. The van der Waals surface area contributed by atoms with Gasteiger partial charge in [0.25, 0.3) is 0 Å². The largest absolute Gasteiger partial charge is 0.372 e. The molecule has 0 saturated heterocycles. The van der Waals surface area contributed by atoms with Crippen molar-refractivity contribution in [3.63, 3.8) is 0 Å². The molecule has 0 saturated carbocycles. The van der Waals surface area contributed by atoms with Crippen molar-refractivity contribution >= 4 is 0 Å². The summed E-state index contributed by atoms with van der Waals surface area (Å²) in [5.41, 5.74) is 3.09. The second kappa shape index (κ2) is 2.37. The first-order chi connectivity index (χ1) is 5.40. The third kappa shape index (κ3) is 0.997. The van der Waals surface area contributed by atoms with E-state index in [1.165, 1.54) is 5.56 Å². The van der Waals surface area contributed by atoms with E-state index in [2.05, 4.69) is 6.07 Å². The molecule has 0 unspecified atom stereocenters. The Bertz CT molecular complexity index is 325. The summed E-state index contributed by atoms with van der Waals surface area (Å²) < 4.78 is 5.20. The van der Waals surface area contributed by atoms with Crippen LogP contribution >= 0.6 is 0 Å². The van der Waals surface area contributed by atoms with Gasteiger partial charge in [-0.3, -0.25) is 0 Å². The number of benzene rings is 1. The van der Waals surface area contributed by atoms with E-state index in [1.807, 2.05) is 18.2 Å². The molecule has 2 nitrogen and oxygen atoms in total. The fourth-order valence-electron chi connectivity index (χ4n) is 1.24. The summed E-state index contributed by atoms with van der Waals surface area (Å²) in [7, 11) is 0. The SMILES string of the molecule is N#Cc1ccc2c(c1)COC2. The molecule has 11 heavy (non-hydrogen) atoms. The van der Waals surface area contributed by atoms with E-state index in [4.69, 9.17) is 10.00 Å². The van der Waals surface area contributed by atoms with Crippen LogP contribution in [-0.4, -0.2) is 0 Å². The Hall–Kier alpha value is -1.33. The Morgan fingerprint density at radius 3 is 2.91 bits per heavy atom. The van der Waals surface area contributed by atoms with Gasteiger partial charge in [0.15, 0.2) is 0 Å². The predicted octanol–water partition coefficient (Wildman–Crippen LogP) is 1.59. The van der Waals surface area contributed by atoms with E-state index < -0.39 is 0 Å². The number of nitrogens with zero attached hydrogens (tertiary/aromatic N) is 1. The first kappa shape index (κ1) is 6.38. The van der Waals surface area contributed by atoms with Gasteiger partial charge in [-0.15, -0.1) is 0 Å². The van der Waals surface area contributed by atoms with Crippen molar-refractivity contribution in [2.45, 2.75) is 13.2 Å². The molecule has 54 valence electrons. The number of fused-ring (bicyclic) bond motifs is 1. The van der Waals surface area contributed by atoms with E-state index in [1.54, 1.807) is 0 Å². The normalized spacial score (nSPS) is 14.1. The molecule has 1 aromatic carbocycles. The van der Waals surface area contributed by atoms with E-state index in [-0.39, 0.29) is 0 Å². The monoisotopic (exact) mass is 145 g/mol. The number of nitriles is 1. The fraction of sp³-hybridized carbons (Fsp3) is 0.222. The van der Waals surface area contributed by atoms with Crippen LogP contribution in [0.25, 0.3) is 0 Å². The molecule has 0 aromatic heterocycles. The highest BCUT2D eigenvalue weighted by Crippen LogP contribution is 2.20. The molecule has 0 aliphatic carbocycles. The smallest absolute Gasteiger partial charge is 0.0991 e. The lowest BCUT2D eigenvalue weighted by atomic mass is 10.1. The number of hydrogen-bond donors (Lipinski definition) is 0. The average molecular weight is 145 g/mol. The highest BCUT2D eigenvalue weighted by Gasteiger charge is 2.10. The van der Waals surface area contributed by atoms with E-state index in [0.717, 1.165) is 5.56 Å². The molecule has 0 spiro atoms. The summed E-state index contributed by atoms with van der Waals surface area (Å²) in [6.07, 6.45) is 0. The van der Waals surface area contributed by atoms with Gasteiger partial charge in [0.05, 0.1) is 24.8 Å². The molecule has 1 aliphatic heterocycles. The molecule has 0 amide bonds. The van der Waals surface area contributed by atoms with Gasteiger partial charge in [-0.2, -0.15) is 5.26 Å². The van der Waals surface area contributed by atoms with Gasteiger partial charge in [-0.25, -0.2) is 0 Å². The van der Waals surface area contributed by atoms with Gasteiger partial charge in [0, 0.05) is 0 Å². The predicted molar refractivity (Wildman–Crippen MR) is 39.7 cm³/mol. The van der Waals surface area contributed by atoms with E-state index in [9.17, 15) is 0 Å². The lowest BCUT2D eigenvalue weighted by Crippen LogP contribution is -1.82. The van der Waals surface area contributed by atoms with Crippen LogP contribution in [0.5, 0.6) is 0 Å². The van der Waals surface area contributed by atoms with Crippen molar-refractivity contribution in [1.29, 1.82) is 5.26 Å². The maximum Gasteiger partial charge on any atom is 0.0991 e. The topological polar surface area (TPSA) is 33.0 Å². The van der Waals surface area contributed by atoms with Crippen LogP contribution in [0.2, 0.25) is 0 Å². The summed E-state index contributed by atoms with van der Waals surface area (Å²) >= 11 is 0. The van der Waals surface area contributed by atoms with Crippen molar-refractivity contribution < 1.29 is 4.74 Å². The van der Waals surface area contributed by atoms with Crippen LogP contribution in [0.3, 0.4) is 0 Å². The van der Waals surface area contributed by atoms with E-state index in [0.29, 0.717) is 18.8 Å². The second-order valence-electron chi connectivity index (χ2n) is 2.59. The summed E-state index contributed by atoms with van der Waals surface area (Å²) in [5.74, 6) is 0. The van der Waals surface area contributed by atoms with Gasteiger partial charge >= 0.3 is 0 Å². The van der Waals surface area contributed by atoms with Crippen molar-refractivity contribution in [3.05, 3.63) is 34.9 Å². The van der Waals surface area contributed by atoms with E-state index >= 15 is 0 Å². The molecule has 2 heteroatoms. The minimum absolute atomic E-state index is 0.658. The number of ether oxygens (including phenoxy) is 1. The molecular formula is C9H7NO. The standard InChI is InChI=1S/C9H7NO/c10-4-7-1-2-8-5-11-6-9(8)3-7/h1-3H,5-6H2. The van der Waals surface area contributed by atoms with Gasteiger partial charge in [-0.1, -0.05) is 6.07 Å². The zero-order valence-electron chi connectivity index (χ0n) is 6.00. The molecule has 2 rings (SSSR count). The number of hydrogen-bond acceptors (Lipinski definition) is 2. The van der Waals surface area contributed by atoms with Gasteiger partial charge in [0.1, 0.15) is 0 Å². The molecule has 1 aliphatic rings. The van der Waals surface area contributed by atoms with Crippen molar-refractivity contribution in [2.75, 3.05) is 0 Å². The Balaban J connectivity index is 2.51. The highest BCUT2D eigenvalue weighted by molar-refractivity contribution is 5.38. The van der Waals surface area contributed by atoms with Crippen LogP contribution in [0.15, 0.2) is 18.2 Å². The Labute approximate surface area is 65.0 Å². The third-order valence-electron chi connectivity index (χ3n) is 1.85. The Morgan fingerprint density at radius 2 is 2.09 bits per heavy atom. The molecule has 0 N–H and O–H groups in total. The first-order valence-corrected chi connectivity index (χ1v) is 3.50. The summed E-state index contributed by atoms with van der Waals surface area (Å²) in [6.45, 7) is 1.35. The lowest BCUT2D eigenvalue weighted by molar-refractivity contribution is 0.134. The zero-order chi connectivity index (χ0) is 7.68. The molecule has 0 fully saturated rings. The second-order valence-corrected chi connectivity index (χ2v) is 2.59. The van der Waals surface area contributed by atoms with Crippen molar-refractivity contribution in [2.24, 2.45) is 0 Å². The summed E-state index contributed by atoms with van der Waals surface area (Å²) in [4.78, 5) is 0. The van der Waals surface area contributed by atoms with Gasteiger partial charge < -0.3 is 4.74 Å². The number of rotatable bonds is 0. The highest BCUT2D eigenvalue weighted by atomic mass is 16.5. The minimum atomic E-state index is 0.658. The Morgan fingerprint density at radius 1 is 1.27 bits per heavy atom. The fourth-order valence-corrected chi connectivity index (χ4v) is 1.24. The van der Waals surface area contributed by atoms with Gasteiger partial charge in [0.2, 0.25) is 0 Å². The Kier molecular flexibility index (Phi) is 1.38. The molecule has 0 bridgehead atoms. The van der Waals surface area contributed by atoms with Crippen molar-refractivity contribution in [3.8, 4) is 6.07 Å². The van der Waals surface area contributed by atoms with Crippen LogP contribution in [-0.2, 0) is 18.0 Å². The zero-order valence-corrected chi connectivity index (χ0v) is 6.00. The summed E-state index contributed by atoms with van der Waals surface area (Å²) in [6, 6.07) is 7.78. The van der Waals surface area contributed by atoms with Crippen molar-refractivity contribution in [1.82, 2.24) is 0 Å². The average Bonchev–Trinajstić information content (AvgIpc) is 2.50. The molecule has 0 radical (unpaired) electrons. The molecule has 1 heterocycles. The quantitative estimate of drug-likeness (QED) is 0.555. The third-order valence-corrected chi connectivity index (χ3v) is 1.85. The van der Waals surface area contributed by atoms with Crippen LogP contribution in [0.1, 0.15) is 16.7 Å². The van der Waals surface area contributed by atoms with Crippen LogP contribution < -0.4 is 0 Å². The maximum absolute atomic E-state index is 8.58. The minimum Gasteiger partial charge on any atom is -0.372 e.